The van der Waals surface area contributed by atoms with Gasteiger partial charge in [0.15, 0.2) is 0 Å². The molecule has 18 heavy (non-hydrogen) atoms. The molecule has 0 atom stereocenters. The van der Waals surface area contributed by atoms with Crippen LogP contribution in [0.15, 0.2) is 30.3 Å². The monoisotopic (exact) mass is 248 g/mol. The normalized spacial score (nSPS) is 12.1. The van der Waals surface area contributed by atoms with Crippen LogP contribution in [0.4, 0.5) is 0 Å². The Labute approximate surface area is 110 Å². The van der Waals surface area contributed by atoms with Gasteiger partial charge in [-0.05, 0) is 30.2 Å². The molecule has 0 unspecified atom stereocenters. The summed E-state index contributed by atoms with van der Waals surface area (Å²) in [6.07, 6.45) is 1.37. The Hall–Kier alpha value is -1.31. The lowest BCUT2D eigenvalue weighted by molar-refractivity contribution is -0.145. The second-order valence-corrected chi connectivity index (χ2v) is 5.95. The number of carboxylic acid groups (broad SMARTS) is 1. The van der Waals surface area contributed by atoms with Crippen LogP contribution in [-0.4, -0.2) is 11.1 Å². The first kappa shape index (κ1) is 14.7. The highest BCUT2D eigenvalue weighted by molar-refractivity contribution is 5.81. The number of benzene rings is 1. The predicted octanol–water partition coefficient (Wildman–Crippen LogP) is 4.10. The average molecular weight is 248 g/mol. The van der Waals surface area contributed by atoms with Gasteiger partial charge in [-0.3, -0.25) is 4.79 Å². The van der Waals surface area contributed by atoms with Crippen LogP contribution >= 0.6 is 0 Å². The molecule has 0 aromatic heterocycles. The zero-order valence-electron chi connectivity index (χ0n) is 11.8. The zero-order valence-corrected chi connectivity index (χ0v) is 11.8. The topological polar surface area (TPSA) is 37.3 Å². The van der Waals surface area contributed by atoms with Gasteiger partial charge >= 0.3 is 5.97 Å². The summed E-state index contributed by atoms with van der Waals surface area (Å²) in [5, 5.41) is 9.77. The third-order valence-electron chi connectivity index (χ3n) is 3.25. The number of carboxylic acids is 1. The van der Waals surface area contributed by atoms with Crippen LogP contribution < -0.4 is 0 Å². The zero-order chi connectivity index (χ0) is 13.8. The highest BCUT2D eigenvalue weighted by Gasteiger charge is 2.41. The summed E-state index contributed by atoms with van der Waals surface area (Å²) in [6, 6.07) is 9.67. The first-order chi connectivity index (χ1) is 8.38. The third kappa shape index (κ3) is 3.34. The molecular weight excluding hydrogens is 224 g/mol. The minimum Gasteiger partial charge on any atom is -0.481 e. The Morgan fingerprint density at radius 2 is 1.50 bits per heavy atom. The molecule has 0 fully saturated rings. The molecule has 2 nitrogen and oxygen atoms in total. The Balaban J connectivity index is 3.24. The van der Waals surface area contributed by atoms with Crippen LogP contribution in [-0.2, 0) is 10.2 Å². The maximum Gasteiger partial charge on any atom is 0.314 e. The first-order valence-electron chi connectivity index (χ1n) is 6.67. The van der Waals surface area contributed by atoms with Crippen LogP contribution in [0.2, 0.25) is 0 Å². The quantitative estimate of drug-likeness (QED) is 0.823. The Bertz CT molecular complexity index is 369. The highest BCUT2D eigenvalue weighted by atomic mass is 16.4. The summed E-state index contributed by atoms with van der Waals surface area (Å²) >= 11 is 0. The van der Waals surface area contributed by atoms with Crippen LogP contribution in [0.3, 0.4) is 0 Å². The van der Waals surface area contributed by atoms with Crippen LogP contribution in [0, 0.1) is 11.8 Å². The number of hydrogen-bond donors (Lipinski definition) is 1. The first-order valence-corrected chi connectivity index (χ1v) is 6.67. The number of carbonyl (C=O) groups is 1. The van der Waals surface area contributed by atoms with Gasteiger partial charge in [-0.2, -0.15) is 0 Å². The average Bonchev–Trinajstić information content (AvgIpc) is 2.27. The van der Waals surface area contributed by atoms with Crippen molar-refractivity contribution in [2.24, 2.45) is 11.8 Å². The second kappa shape index (κ2) is 6.03. The van der Waals surface area contributed by atoms with Crippen LogP contribution in [0.1, 0.15) is 46.1 Å². The molecule has 0 heterocycles. The van der Waals surface area contributed by atoms with E-state index in [4.69, 9.17) is 0 Å². The maximum atomic E-state index is 11.9. The molecule has 0 aliphatic carbocycles. The lowest BCUT2D eigenvalue weighted by Gasteiger charge is -2.33. The van der Waals surface area contributed by atoms with Crippen molar-refractivity contribution in [3.63, 3.8) is 0 Å². The molecule has 0 aliphatic rings. The summed E-state index contributed by atoms with van der Waals surface area (Å²) < 4.78 is 0. The molecule has 0 saturated heterocycles. The fourth-order valence-corrected chi connectivity index (χ4v) is 2.77. The third-order valence-corrected chi connectivity index (χ3v) is 3.25. The molecule has 0 radical (unpaired) electrons. The molecule has 0 bridgehead atoms. The molecule has 1 N–H and O–H groups in total. The van der Waals surface area contributed by atoms with Crippen molar-refractivity contribution in [3.8, 4) is 0 Å². The van der Waals surface area contributed by atoms with E-state index in [-0.39, 0.29) is 0 Å². The Kier molecular flexibility index (Phi) is 4.94. The summed E-state index contributed by atoms with van der Waals surface area (Å²) in [6.45, 7) is 8.34. The van der Waals surface area contributed by atoms with Crippen LogP contribution in [0.25, 0.3) is 0 Å². The maximum absolute atomic E-state index is 11.9. The van der Waals surface area contributed by atoms with E-state index in [9.17, 15) is 9.90 Å². The molecule has 0 spiro atoms. The summed E-state index contributed by atoms with van der Waals surface area (Å²) in [5.41, 5.74) is 0.184. The lowest BCUT2D eigenvalue weighted by Crippen LogP contribution is -2.38. The van der Waals surface area contributed by atoms with Crippen molar-refractivity contribution in [1.29, 1.82) is 0 Å². The van der Waals surface area contributed by atoms with Crippen LogP contribution in [0.5, 0.6) is 0 Å². The largest absolute Gasteiger partial charge is 0.481 e. The minimum atomic E-state index is -0.746. The summed E-state index contributed by atoms with van der Waals surface area (Å²) in [4.78, 5) is 11.9. The van der Waals surface area contributed by atoms with Gasteiger partial charge in [0.1, 0.15) is 0 Å². The predicted molar refractivity (Wildman–Crippen MR) is 74.7 cm³/mol. The van der Waals surface area contributed by atoms with E-state index in [1.165, 1.54) is 0 Å². The van der Waals surface area contributed by atoms with Crippen molar-refractivity contribution in [3.05, 3.63) is 35.9 Å². The molecule has 1 rings (SSSR count). The Morgan fingerprint density at radius 1 is 1.06 bits per heavy atom. The van der Waals surface area contributed by atoms with Gasteiger partial charge in [0.05, 0.1) is 5.41 Å². The molecule has 1 aromatic rings. The number of aliphatic carboxylic acids is 1. The van der Waals surface area contributed by atoms with Crippen molar-refractivity contribution >= 4 is 5.97 Å². The van der Waals surface area contributed by atoms with Gasteiger partial charge in [0.25, 0.3) is 0 Å². The molecule has 1 aromatic carbocycles. The van der Waals surface area contributed by atoms with E-state index in [2.05, 4.69) is 27.7 Å². The van der Waals surface area contributed by atoms with Crippen molar-refractivity contribution in [2.45, 2.75) is 46.0 Å². The number of hydrogen-bond acceptors (Lipinski definition) is 1. The van der Waals surface area contributed by atoms with E-state index in [1.807, 2.05) is 30.3 Å². The van der Waals surface area contributed by atoms with E-state index < -0.39 is 11.4 Å². The van der Waals surface area contributed by atoms with Gasteiger partial charge in [0, 0.05) is 0 Å². The lowest BCUT2D eigenvalue weighted by atomic mass is 9.69. The molecule has 0 saturated carbocycles. The van der Waals surface area contributed by atoms with Gasteiger partial charge in [0.2, 0.25) is 0 Å². The molecular formula is C16H24O2. The van der Waals surface area contributed by atoms with E-state index in [1.54, 1.807) is 0 Å². The smallest absolute Gasteiger partial charge is 0.314 e. The van der Waals surface area contributed by atoms with Crippen molar-refractivity contribution in [2.75, 3.05) is 0 Å². The standard InChI is InChI=1S/C16H24O2/c1-12(2)10-16(15(17)18,11-13(3)4)14-8-6-5-7-9-14/h5-9,12-13H,10-11H2,1-4H3,(H,17,18). The summed E-state index contributed by atoms with van der Waals surface area (Å²) in [7, 11) is 0. The molecule has 0 amide bonds. The fraction of sp³-hybridized carbons (Fsp3) is 0.562. The van der Waals surface area contributed by atoms with E-state index in [0.717, 1.165) is 5.56 Å². The van der Waals surface area contributed by atoms with Crippen molar-refractivity contribution in [1.82, 2.24) is 0 Å². The van der Waals surface area contributed by atoms with Gasteiger partial charge in [-0.25, -0.2) is 0 Å². The molecule has 2 heteroatoms. The minimum absolute atomic E-state index is 0.361. The number of rotatable bonds is 6. The van der Waals surface area contributed by atoms with Crippen molar-refractivity contribution < 1.29 is 9.90 Å². The Morgan fingerprint density at radius 3 is 1.83 bits per heavy atom. The highest BCUT2D eigenvalue weighted by Crippen LogP contribution is 2.37. The molecule has 100 valence electrons. The van der Waals surface area contributed by atoms with Gasteiger partial charge < -0.3 is 5.11 Å². The molecule has 0 aliphatic heterocycles. The fourth-order valence-electron chi connectivity index (χ4n) is 2.77. The van der Waals surface area contributed by atoms with Gasteiger partial charge in [-0.15, -0.1) is 0 Å². The van der Waals surface area contributed by atoms with E-state index >= 15 is 0 Å². The SMILES string of the molecule is CC(C)CC(CC(C)C)(C(=O)O)c1ccccc1. The summed E-state index contributed by atoms with van der Waals surface area (Å²) in [5.74, 6) is 0.0243. The second-order valence-electron chi connectivity index (χ2n) is 5.95. The van der Waals surface area contributed by atoms with Gasteiger partial charge in [-0.1, -0.05) is 58.0 Å². The van der Waals surface area contributed by atoms with E-state index in [0.29, 0.717) is 24.7 Å².